The number of nitrogens with two attached hydrogens (primary N) is 1. The van der Waals surface area contributed by atoms with Gasteiger partial charge in [-0.2, -0.15) is 0 Å². The van der Waals surface area contributed by atoms with Crippen molar-refractivity contribution in [2.75, 3.05) is 5.73 Å². The molecule has 0 aliphatic carbocycles. The van der Waals surface area contributed by atoms with Gasteiger partial charge in [-0.15, -0.1) is 13.2 Å². The summed E-state index contributed by atoms with van der Waals surface area (Å²) in [6, 6.07) is 7.03. The number of hydrogen-bond donors (Lipinski definition) is 1. The summed E-state index contributed by atoms with van der Waals surface area (Å²) in [4.78, 5) is 0. The number of alkyl halides is 3. The second-order valence-corrected chi connectivity index (χ2v) is 3.87. The minimum absolute atomic E-state index is 0.221. The summed E-state index contributed by atoms with van der Waals surface area (Å²) >= 11 is 0. The van der Waals surface area contributed by atoms with E-state index in [0.717, 1.165) is 18.2 Å². The number of halogens is 5. The van der Waals surface area contributed by atoms with Gasteiger partial charge in [0.05, 0.1) is 5.69 Å². The molecule has 0 spiro atoms. The van der Waals surface area contributed by atoms with Crippen LogP contribution in [0.3, 0.4) is 0 Å². The molecule has 0 saturated carbocycles. The van der Waals surface area contributed by atoms with E-state index in [0.29, 0.717) is 0 Å². The Kier molecular flexibility index (Phi) is 3.52. The van der Waals surface area contributed by atoms with Crippen molar-refractivity contribution < 1.29 is 26.7 Å². The number of benzene rings is 2. The second kappa shape index (κ2) is 4.99. The lowest BCUT2D eigenvalue weighted by Crippen LogP contribution is -2.17. The van der Waals surface area contributed by atoms with Crippen LogP contribution in [-0.4, -0.2) is 6.36 Å². The summed E-state index contributed by atoms with van der Waals surface area (Å²) < 4.78 is 67.8. The fourth-order valence-corrected chi connectivity index (χ4v) is 1.68. The first-order valence-corrected chi connectivity index (χ1v) is 5.38. The van der Waals surface area contributed by atoms with Crippen molar-refractivity contribution in [1.82, 2.24) is 0 Å². The Bertz CT molecular complexity index is 639. The summed E-state index contributed by atoms with van der Waals surface area (Å²) in [5, 5.41) is 0. The molecule has 2 N–H and O–H groups in total. The minimum atomic E-state index is -4.93. The Labute approximate surface area is 110 Å². The lowest BCUT2D eigenvalue weighted by atomic mass is 10.0. The fraction of sp³-hybridized carbons (Fsp3) is 0.0769. The zero-order chi connectivity index (χ0) is 14.9. The number of hydrogen-bond acceptors (Lipinski definition) is 2. The van der Waals surface area contributed by atoms with Gasteiger partial charge in [-0.25, -0.2) is 8.78 Å². The monoisotopic (exact) mass is 289 g/mol. The summed E-state index contributed by atoms with van der Waals surface area (Å²) in [6.07, 6.45) is -4.93. The first-order valence-electron chi connectivity index (χ1n) is 5.38. The van der Waals surface area contributed by atoms with Crippen LogP contribution in [0.5, 0.6) is 5.75 Å². The molecule has 2 aromatic carbocycles. The van der Waals surface area contributed by atoms with Crippen molar-refractivity contribution in [3.63, 3.8) is 0 Å². The van der Waals surface area contributed by atoms with Gasteiger partial charge in [0.25, 0.3) is 0 Å². The Morgan fingerprint density at radius 2 is 1.50 bits per heavy atom. The standard InChI is InChI=1S/C13H8F5NO/c14-11-8(5-6-9(19)12(11)15)7-3-1-2-4-10(7)20-13(16,17)18/h1-6H,19H2. The minimum Gasteiger partial charge on any atom is -0.405 e. The van der Waals surface area contributed by atoms with E-state index in [9.17, 15) is 22.0 Å². The Hall–Kier alpha value is -2.31. The van der Waals surface area contributed by atoms with Crippen LogP contribution in [-0.2, 0) is 0 Å². The van der Waals surface area contributed by atoms with Crippen molar-refractivity contribution in [1.29, 1.82) is 0 Å². The molecule has 0 aliphatic rings. The average molecular weight is 289 g/mol. The average Bonchev–Trinajstić information content (AvgIpc) is 2.36. The topological polar surface area (TPSA) is 35.2 Å². The van der Waals surface area contributed by atoms with Gasteiger partial charge in [-0.1, -0.05) is 18.2 Å². The summed E-state index contributed by atoms with van der Waals surface area (Å²) in [5.74, 6) is -3.27. The molecule has 7 heteroatoms. The van der Waals surface area contributed by atoms with Crippen molar-refractivity contribution in [2.45, 2.75) is 6.36 Å². The van der Waals surface area contributed by atoms with E-state index in [-0.39, 0.29) is 11.1 Å². The van der Waals surface area contributed by atoms with E-state index in [1.165, 1.54) is 18.2 Å². The first-order chi connectivity index (χ1) is 9.29. The van der Waals surface area contributed by atoms with Gasteiger partial charge in [-0.3, -0.25) is 0 Å². The molecule has 106 valence electrons. The maximum atomic E-state index is 13.8. The lowest BCUT2D eigenvalue weighted by molar-refractivity contribution is -0.274. The molecule has 0 aromatic heterocycles. The van der Waals surface area contributed by atoms with E-state index < -0.39 is 29.4 Å². The number of anilines is 1. The van der Waals surface area contributed by atoms with Crippen LogP contribution in [0.25, 0.3) is 11.1 Å². The summed E-state index contributed by atoms with van der Waals surface area (Å²) in [5.41, 5.74) is 4.17. The van der Waals surface area contributed by atoms with Crippen molar-refractivity contribution in [3.05, 3.63) is 48.0 Å². The summed E-state index contributed by atoms with van der Waals surface area (Å²) in [6.45, 7) is 0. The Balaban J connectivity index is 2.56. The highest BCUT2D eigenvalue weighted by Crippen LogP contribution is 2.36. The van der Waals surface area contributed by atoms with Gasteiger partial charge >= 0.3 is 6.36 Å². The Morgan fingerprint density at radius 3 is 2.15 bits per heavy atom. The van der Waals surface area contributed by atoms with E-state index in [1.807, 2.05) is 0 Å². The van der Waals surface area contributed by atoms with E-state index in [4.69, 9.17) is 5.73 Å². The van der Waals surface area contributed by atoms with Gasteiger partial charge in [0, 0.05) is 11.1 Å². The second-order valence-electron chi connectivity index (χ2n) is 3.87. The normalized spacial score (nSPS) is 11.4. The molecule has 2 aromatic rings. The lowest BCUT2D eigenvalue weighted by Gasteiger charge is -2.14. The highest BCUT2D eigenvalue weighted by Gasteiger charge is 2.32. The number of nitrogen functional groups attached to an aromatic ring is 1. The predicted molar refractivity (Wildman–Crippen MR) is 62.9 cm³/mol. The van der Waals surface area contributed by atoms with Crippen LogP contribution in [0.4, 0.5) is 27.6 Å². The van der Waals surface area contributed by atoms with Gasteiger partial charge < -0.3 is 10.5 Å². The van der Waals surface area contributed by atoms with Crippen LogP contribution < -0.4 is 10.5 Å². The molecule has 0 amide bonds. The quantitative estimate of drug-likeness (QED) is 0.667. The van der Waals surface area contributed by atoms with Crippen LogP contribution in [0.2, 0.25) is 0 Å². The molecule has 0 bridgehead atoms. The SMILES string of the molecule is Nc1ccc(-c2ccccc2OC(F)(F)F)c(F)c1F. The molecule has 0 fully saturated rings. The Morgan fingerprint density at radius 1 is 0.850 bits per heavy atom. The molecule has 0 saturated heterocycles. The third-order valence-electron chi connectivity index (χ3n) is 2.52. The molecule has 2 nitrogen and oxygen atoms in total. The smallest absolute Gasteiger partial charge is 0.405 e. The van der Waals surface area contributed by atoms with Crippen LogP contribution >= 0.6 is 0 Å². The van der Waals surface area contributed by atoms with Crippen LogP contribution in [0.1, 0.15) is 0 Å². The largest absolute Gasteiger partial charge is 0.573 e. The molecular weight excluding hydrogens is 281 g/mol. The first kappa shape index (κ1) is 14.1. The third kappa shape index (κ3) is 2.81. The zero-order valence-electron chi connectivity index (χ0n) is 9.84. The maximum absolute atomic E-state index is 13.8. The van der Waals surface area contributed by atoms with E-state index in [2.05, 4.69) is 4.74 Å². The van der Waals surface area contributed by atoms with Gasteiger partial charge in [0.1, 0.15) is 5.75 Å². The van der Waals surface area contributed by atoms with Gasteiger partial charge in [-0.05, 0) is 18.2 Å². The molecule has 0 atom stereocenters. The van der Waals surface area contributed by atoms with Crippen molar-refractivity contribution in [2.24, 2.45) is 0 Å². The highest BCUT2D eigenvalue weighted by molar-refractivity contribution is 5.72. The van der Waals surface area contributed by atoms with Crippen molar-refractivity contribution in [3.8, 4) is 16.9 Å². The maximum Gasteiger partial charge on any atom is 0.573 e. The number of para-hydroxylation sites is 1. The van der Waals surface area contributed by atoms with E-state index >= 15 is 0 Å². The van der Waals surface area contributed by atoms with E-state index in [1.54, 1.807) is 0 Å². The fourth-order valence-electron chi connectivity index (χ4n) is 1.68. The molecule has 0 heterocycles. The third-order valence-corrected chi connectivity index (χ3v) is 2.52. The van der Waals surface area contributed by atoms with Gasteiger partial charge in [0.2, 0.25) is 0 Å². The van der Waals surface area contributed by atoms with Gasteiger partial charge in [0.15, 0.2) is 11.6 Å². The zero-order valence-corrected chi connectivity index (χ0v) is 9.84. The predicted octanol–water partition coefficient (Wildman–Crippen LogP) is 4.11. The molecule has 0 aliphatic heterocycles. The summed E-state index contributed by atoms with van der Waals surface area (Å²) in [7, 11) is 0. The van der Waals surface area contributed by atoms with Crippen molar-refractivity contribution >= 4 is 5.69 Å². The molecule has 20 heavy (non-hydrogen) atoms. The molecular formula is C13H8F5NO. The molecule has 2 rings (SSSR count). The number of ether oxygens (including phenoxy) is 1. The highest BCUT2D eigenvalue weighted by atomic mass is 19.4. The molecule has 0 radical (unpaired) electrons. The van der Waals surface area contributed by atoms with Crippen LogP contribution in [0.15, 0.2) is 36.4 Å². The number of rotatable bonds is 2. The molecule has 0 unspecified atom stereocenters. The van der Waals surface area contributed by atoms with Crippen LogP contribution in [0, 0.1) is 11.6 Å².